The lowest BCUT2D eigenvalue weighted by atomic mass is 9.95. The maximum Gasteiger partial charge on any atom is 0.338 e. The number of carbonyl (C=O) groups excluding carboxylic acids is 1. The normalized spacial score (nSPS) is 14.3. The van der Waals surface area contributed by atoms with E-state index in [1.165, 1.54) is 28.7 Å². The first-order chi connectivity index (χ1) is 20.7. The predicted molar refractivity (Wildman–Crippen MR) is 161 cm³/mol. The van der Waals surface area contributed by atoms with E-state index in [4.69, 9.17) is 9.47 Å². The summed E-state index contributed by atoms with van der Waals surface area (Å²) in [5.41, 5.74) is 4.15. The minimum absolute atomic E-state index is 0.239. The lowest BCUT2D eigenvalue weighted by Crippen LogP contribution is -2.31. The number of rotatable bonds is 11. The van der Waals surface area contributed by atoms with Crippen molar-refractivity contribution >= 4 is 35.0 Å². The number of fused-ring (bicyclic) bond motifs is 1. The van der Waals surface area contributed by atoms with Crippen molar-refractivity contribution < 1.29 is 14.3 Å². The van der Waals surface area contributed by atoms with Gasteiger partial charge >= 0.3 is 5.97 Å². The van der Waals surface area contributed by atoms with Crippen LogP contribution in [0.25, 0.3) is 10.6 Å². The summed E-state index contributed by atoms with van der Waals surface area (Å²) >= 11 is 2.98. The van der Waals surface area contributed by atoms with Gasteiger partial charge in [-0.1, -0.05) is 101 Å². The summed E-state index contributed by atoms with van der Waals surface area (Å²) in [5.74, 6) is 1.16. The first-order valence-electron chi connectivity index (χ1n) is 13.4. The molecule has 0 saturated heterocycles. The van der Waals surface area contributed by atoms with Crippen molar-refractivity contribution in [3.8, 4) is 16.3 Å². The van der Waals surface area contributed by atoms with Crippen LogP contribution in [0.15, 0.2) is 101 Å². The Balaban J connectivity index is 1.24. The van der Waals surface area contributed by atoms with Gasteiger partial charge in [-0.3, -0.25) is 0 Å². The molecule has 1 N–H and O–H groups in total. The molecule has 212 valence electrons. The number of benzene rings is 3. The fraction of sp³-hybridized carbons (Fsp3) is 0.200. The number of carbonyl (C=O) groups is 1. The van der Waals surface area contributed by atoms with Gasteiger partial charge in [0.1, 0.15) is 16.8 Å². The van der Waals surface area contributed by atoms with Gasteiger partial charge in [-0.2, -0.15) is 4.68 Å². The second-order valence-corrected chi connectivity index (χ2v) is 11.5. The summed E-state index contributed by atoms with van der Waals surface area (Å²) in [7, 11) is 0. The van der Waals surface area contributed by atoms with E-state index in [1.807, 2.05) is 72.8 Å². The van der Waals surface area contributed by atoms with Gasteiger partial charge in [-0.25, -0.2) is 4.79 Å². The molecule has 0 aliphatic carbocycles. The first kappa shape index (κ1) is 27.6. The van der Waals surface area contributed by atoms with Crippen molar-refractivity contribution in [2.75, 3.05) is 24.3 Å². The zero-order chi connectivity index (χ0) is 28.7. The molecule has 0 radical (unpaired) electrons. The smallest absolute Gasteiger partial charge is 0.338 e. The van der Waals surface area contributed by atoms with Gasteiger partial charge in [0.2, 0.25) is 5.95 Å². The van der Waals surface area contributed by atoms with E-state index in [-0.39, 0.29) is 6.61 Å². The van der Waals surface area contributed by atoms with Gasteiger partial charge in [0.15, 0.2) is 4.34 Å². The lowest BCUT2D eigenvalue weighted by Gasteiger charge is -2.28. The topological polar surface area (TPSA) is 117 Å². The van der Waals surface area contributed by atoms with Gasteiger partial charge in [0.05, 0.1) is 18.8 Å². The Kier molecular flexibility index (Phi) is 8.52. The highest BCUT2D eigenvalue weighted by Gasteiger charge is 2.36. The Morgan fingerprint density at radius 3 is 2.50 bits per heavy atom. The number of ether oxygens (including phenoxy) is 2. The summed E-state index contributed by atoms with van der Waals surface area (Å²) in [6.07, 6.45) is 0.809. The largest absolute Gasteiger partial charge is 0.493 e. The maximum atomic E-state index is 13.4. The third kappa shape index (κ3) is 6.19. The van der Waals surface area contributed by atoms with E-state index in [1.54, 1.807) is 11.6 Å². The van der Waals surface area contributed by atoms with E-state index in [0.717, 1.165) is 32.6 Å². The van der Waals surface area contributed by atoms with Gasteiger partial charge < -0.3 is 14.8 Å². The third-order valence-corrected chi connectivity index (χ3v) is 8.69. The molecule has 5 aromatic rings. The van der Waals surface area contributed by atoms with Crippen LogP contribution >= 0.6 is 23.1 Å². The molecule has 3 heterocycles. The van der Waals surface area contributed by atoms with Crippen LogP contribution in [-0.4, -0.2) is 55.3 Å². The molecule has 3 aromatic carbocycles. The SMILES string of the molecule is CCOC(=O)C1=C(CSc2nnc(-c3ccccc3)s2)Nc2nnnn2C1c1ccc(OCCc2ccccc2)cc1. The Labute approximate surface area is 250 Å². The molecule has 0 amide bonds. The quantitative estimate of drug-likeness (QED) is 0.156. The van der Waals surface area contributed by atoms with Crippen LogP contribution in [0, 0.1) is 0 Å². The number of hydrogen-bond acceptors (Lipinski definition) is 11. The molecule has 0 bridgehead atoms. The van der Waals surface area contributed by atoms with Crippen LogP contribution in [0.3, 0.4) is 0 Å². The molecular formula is C30H27N7O3S2. The van der Waals surface area contributed by atoms with Crippen LogP contribution in [-0.2, 0) is 16.0 Å². The highest BCUT2D eigenvalue weighted by atomic mass is 32.2. The molecule has 1 aliphatic rings. The molecule has 0 saturated carbocycles. The second kappa shape index (κ2) is 13.0. The Hall–Kier alpha value is -4.55. The van der Waals surface area contributed by atoms with Crippen LogP contribution in [0.2, 0.25) is 0 Å². The minimum atomic E-state index is -0.585. The lowest BCUT2D eigenvalue weighted by molar-refractivity contribution is -0.139. The van der Waals surface area contributed by atoms with E-state index in [9.17, 15) is 4.79 Å². The molecule has 1 aliphatic heterocycles. The first-order valence-corrected chi connectivity index (χ1v) is 15.2. The number of thioether (sulfide) groups is 1. The highest BCUT2D eigenvalue weighted by molar-refractivity contribution is 8.01. The third-order valence-electron chi connectivity index (χ3n) is 6.56. The van der Waals surface area contributed by atoms with Crippen molar-refractivity contribution in [3.63, 3.8) is 0 Å². The van der Waals surface area contributed by atoms with Crippen LogP contribution in [0.1, 0.15) is 24.1 Å². The van der Waals surface area contributed by atoms with E-state index in [0.29, 0.717) is 29.6 Å². The average molecular weight is 598 g/mol. The highest BCUT2D eigenvalue weighted by Crippen LogP contribution is 2.38. The number of anilines is 1. The Morgan fingerprint density at radius 2 is 1.74 bits per heavy atom. The number of nitrogens with zero attached hydrogens (tertiary/aromatic N) is 6. The van der Waals surface area contributed by atoms with Crippen molar-refractivity contribution in [3.05, 3.63) is 107 Å². The van der Waals surface area contributed by atoms with Crippen molar-refractivity contribution in [2.45, 2.75) is 23.7 Å². The van der Waals surface area contributed by atoms with Gasteiger partial charge in [0.25, 0.3) is 0 Å². The van der Waals surface area contributed by atoms with Gasteiger partial charge in [-0.15, -0.1) is 10.2 Å². The molecular weight excluding hydrogens is 571 g/mol. The van der Waals surface area contributed by atoms with Crippen LogP contribution < -0.4 is 10.1 Å². The molecule has 42 heavy (non-hydrogen) atoms. The van der Waals surface area contributed by atoms with E-state index in [2.05, 4.69) is 43.2 Å². The van der Waals surface area contributed by atoms with Crippen molar-refractivity contribution in [1.29, 1.82) is 0 Å². The molecule has 2 aromatic heterocycles. The molecule has 1 unspecified atom stereocenters. The molecule has 10 nitrogen and oxygen atoms in total. The zero-order valence-electron chi connectivity index (χ0n) is 22.7. The van der Waals surface area contributed by atoms with Crippen molar-refractivity contribution in [2.24, 2.45) is 0 Å². The summed E-state index contributed by atoms with van der Waals surface area (Å²) in [4.78, 5) is 13.4. The van der Waals surface area contributed by atoms with Crippen LogP contribution in [0.4, 0.5) is 5.95 Å². The number of nitrogens with one attached hydrogen (secondary N) is 1. The fourth-order valence-electron chi connectivity index (χ4n) is 4.58. The summed E-state index contributed by atoms with van der Waals surface area (Å²) < 4.78 is 13.9. The zero-order valence-corrected chi connectivity index (χ0v) is 24.3. The predicted octanol–water partition coefficient (Wildman–Crippen LogP) is 5.44. The molecule has 6 rings (SSSR count). The maximum absolute atomic E-state index is 13.4. The number of esters is 1. The van der Waals surface area contributed by atoms with E-state index < -0.39 is 12.0 Å². The standard InChI is InChI=1S/C30H27N7O3S2/c1-2-39-28(38)25-24(19-41-30-34-32-27(42-30)22-11-7-4-8-12-22)31-29-33-35-36-37(29)26(25)21-13-15-23(16-14-21)40-18-17-20-9-5-3-6-10-20/h3-16,26H,2,17-19H2,1H3,(H,31,33,36). The number of tetrazole rings is 1. The summed E-state index contributed by atoms with van der Waals surface area (Å²) in [6, 6.07) is 27.2. The summed E-state index contributed by atoms with van der Waals surface area (Å²) in [6.45, 7) is 2.58. The van der Waals surface area contributed by atoms with Gasteiger partial charge in [0, 0.05) is 23.4 Å². The molecule has 12 heteroatoms. The monoisotopic (exact) mass is 597 g/mol. The summed E-state index contributed by atoms with van der Waals surface area (Å²) in [5, 5.41) is 25.0. The Morgan fingerprint density at radius 1 is 0.976 bits per heavy atom. The number of hydrogen-bond donors (Lipinski definition) is 1. The van der Waals surface area contributed by atoms with Gasteiger partial charge in [-0.05, 0) is 40.6 Å². The van der Waals surface area contributed by atoms with Crippen molar-refractivity contribution in [1.82, 2.24) is 30.4 Å². The molecule has 0 spiro atoms. The average Bonchev–Trinajstić information content (AvgIpc) is 3.71. The second-order valence-electron chi connectivity index (χ2n) is 9.27. The van der Waals surface area contributed by atoms with E-state index >= 15 is 0 Å². The Bertz CT molecular complexity index is 1670. The minimum Gasteiger partial charge on any atom is -0.493 e. The molecule has 0 fully saturated rings. The van der Waals surface area contributed by atoms with Crippen LogP contribution in [0.5, 0.6) is 5.75 Å². The number of aromatic nitrogens is 6. The molecule has 1 atom stereocenters. The fourth-order valence-corrected chi connectivity index (χ4v) is 6.41.